The number of aliphatic hydroxyl groups is 1. The van der Waals surface area contributed by atoms with Crippen LogP contribution in [0.3, 0.4) is 0 Å². The number of rotatable bonds is 9. The first-order valence-corrected chi connectivity index (χ1v) is 11.4. The first-order chi connectivity index (χ1) is 16.2. The van der Waals surface area contributed by atoms with Gasteiger partial charge in [-0.1, -0.05) is 60.7 Å². The summed E-state index contributed by atoms with van der Waals surface area (Å²) < 4.78 is 11.4. The summed E-state index contributed by atoms with van der Waals surface area (Å²) >= 11 is 0. The number of hydrogen-bond acceptors (Lipinski definition) is 5. The molecule has 1 aliphatic rings. The Bertz CT molecular complexity index is 987. The lowest BCUT2D eigenvalue weighted by Crippen LogP contribution is -2.37. The van der Waals surface area contributed by atoms with E-state index in [1.54, 1.807) is 0 Å². The predicted molar refractivity (Wildman–Crippen MR) is 129 cm³/mol. The van der Waals surface area contributed by atoms with Crippen LogP contribution in [0.15, 0.2) is 78.9 Å². The molecule has 0 saturated carbocycles. The lowest BCUT2D eigenvalue weighted by molar-refractivity contribution is -0.117. The van der Waals surface area contributed by atoms with Gasteiger partial charge in [0.1, 0.15) is 0 Å². The smallest absolute Gasteiger partial charge is 0.238 e. The van der Waals surface area contributed by atoms with Crippen molar-refractivity contribution in [3.8, 4) is 11.5 Å². The zero-order valence-corrected chi connectivity index (χ0v) is 18.7. The first-order valence-electron chi connectivity index (χ1n) is 11.4. The van der Waals surface area contributed by atoms with Crippen molar-refractivity contribution in [2.75, 3.05) is 38.2 Å². The monoisotopic (exact) mass is 446 g/mol. The highest BCUT2D eigenvalue weighted by Gasteiger charge is 2.24. The van der Waals surface area contributed by atoms with Crippen LogP contribution in [0.5, 0.6) is 11.5 Å². The van der Waals surface area contributed by atoms with Crippen molar-refractivity contribution in [2.24, 2.45) is 0 Å². The average Bonchev–Trinajstić information content (AvgIpc) is 3.09. The molecule has 2 N–H and O–H groups in total. The molecule has 0 atom stereocenters. The fourth-order valence-electron chi connectivity index (χ4n) is 4.08. The molecule has 0 unspecified atom stereocenters. The van der Waals surface area contributed by atoms with E-state index in [0.717, 1.165) is 17.5 Å². The van der Waals surface area contributed by atoms with E-state index < -0.39 is 0 Å². The van der Waals surface area contributed by atoms with Crippen LogP contribution in [-0.2, 0) is 4.79 Å². The van der Waals surface area contributed by atoms with Gasteiger partial charge in [0.05, 0.1) is 25.8 Å². The second-order valence-electron chi connectivity index (χ2n) is 8.03. The van der Waals surface area contributed by atoms with Gasteiger partial charge in [-0.15, -0.1) is 0 Å². The van der Waals surface area contributed by atoms with Crippen LogP contribution in [0.25, 0.3) is 0 Å². The van der Waals surface area contributed by atoms with Gasteiger partial charge in [-0.2, -0.15) is 0 Å². The molecule has 0 saturated heterocycles. The van der Waals surface area contributed by atoms with Gasteiger partial charge >= 0.3 is 0 Å². The predicted octanol–water partition coefficient (Wildman–Crippen LogP) is 4.26. The van der Waals surface area contributed by atoms with Crippen LogP contribution in [0, 0.1) is 0 Å². The Morgan fingerprint density at radius 2 is 1.55 bits per heavy atom. The molecule has 0 radical (unpaired) electrons. The molecule has 0 fully saturated rings. The van der Waals surface area contributed by atoms with Gasteiger partial charge < -0.3 is 19.9 Å². The van der Waals surface area contributed by atoms with E-state index in [9.17, 15) is 9.90 Å². The number of benzene rings is 3. The highest BCUT2D eigenvalue weighted by molar-refractivity contribution is 5.92. The lowest BCUT2D eigenvalue weighted by atomic mass is 9.96. The molecule has 3 aromatic carbocycles. The Labute approximate surface area is 194 Å². The van der Waals surface area contributed by atoms with E-state index >= 15 is 0 Å². The van der Waals surface area contributed by atoms with E-state index in [1.165, 1.54) is 0 Å². The zero-order valence-electron chi connectivity index (χ0n) is 18.7. The number of aliphatic hydroxyl groups excluding tert-OH is 1. The summed E-state index contributed by atoms with van der Waals surface area (Å²) in [6.45, 7) is 2.05. The van der Waals surface area contributed by atoms with Gasteiger partial charge in [-0.25, -0.2) is 0 Å². The molecular formula is C27H30N2O4. The molecule has 0 aliphatic carbocycles. The molecule has 4 rings (SSSR count). The van der Waals surface area contributed by atoms with E-state index in [1.807, 2.05) is 54.6 Å². The summed E-state index contributed by atoms with van der Waals surface area (Å²) in [6.07, 6.45) is 1.41. The SMILES string of the molecule is O=C(CN(CCCO)C(c1ccccc1)c1ccccc1)Nc1ccc2c(c1)OCCCO2. The van der Waals surface area contributed by atoms with Gasteiger partial charge in [0, 0.05) is 31.3 Å². The number of nitrogens with zero attached hydrogens (tertiary/aromatic N) is 1. The topological polar surface area (TPSA) is 71.0 Å². The highest BCUT2D eigenvalue weighted by Crippen LogP contribution is 2.33. The van der Waals surface area contributed by atoms with Gasteiger partial charge in [0.15, 0.2) is 11.5 Å². The van der Waals surface area contributed by atoms with E-state index in [0.29, 0.717) is 43.4 Å². The summed E-state index contributed by atoms with van der Waals surface area (Å²) in [6, 6.07) is 25.7. The van der Waals surface area contributed by atoms with Crippen molar-refractivity contribution in [3.63, 3.8) is 0 Å². The second-order valence-corrected chi connectivity index (χ2v) is 8.03. The Kier molecular flexibility index (Phi) is 7.95. The molecule has 33 heavy (non-hydrogen) atoms. The van der Waals surface area contributed by atoms with E-state index in [-0.39, 0.29) is 25.1 Å². The van der Waals surface area contributed by atoms with Gasteiger partial charge in [0.2, 0.25) is 5.91 Å². The van der Waals surface area contributed by atoms with Crippen molar-refractivity contribution in [3.05, 3.63) is 90.0 Å². The quantitative estimate of drug-likeness (QED) is 0.514. The fourth-order valence-corrected chi connectivity index (χ4v) is 4.08. The third-order valence-electron chi connectivity index (χ3n) is 5.58. The molecular weight excluding hydrogens is 416 g/mol. The minimum Gasteiger partial charge on any atom is -0.490 e. The molecule has 0 aromatic heterocycles. The van der Waals surface area contributed by atoms with Crippen LogP contribution in [0.4, 0.5) is 5.69 Å². The van der Waals surface area contributed by atoms with Crippen LogP contribution in [0.2, 0.25) is 0 Å². The Morgan fingerprint density at radius 1 is 0.909 bits per heavy atom. The molecule has 3 aromatic rings. The molecule has 172 valence electrons. The zero-order chi connectivity index (χ0) is 22.9. The molecule has 6 nitrogen and oxygen atoms in total. The number of anilines is 1. The number of hydrogen-bond donors (Lipinski definition) is 2. The molecule has 6 heteroatoms. The maximum absolute atomic E-state index is 13.1. The van der Waals surface area contributed by atoms with Crippen molar-refractivity contribution >= 4 is 11.6 Å². The largest absolute Gasteiger partial charge is 0.490 e. The van der Waals surface area contributed by atoms with Crippen molar-refractivity contribution < 1.29 is 19.4 Å². The number of amides is 1. The number of fused-ring (bicyclic) bond motifs is 1. The molecule has 1 amide bonds. The minimum atomic E-state index is -0.126. The summed E-state index contributed by atoms with van der Waals surface area (Å²) in [5.74, 6) is 1.22. The van der Waals surface area contributed by atoms with Crippen LogP contribution < -0.4 is 14.8 Å². The third kappa shape index (κ3) is 6.12. The summed E-state index contributed by atoms with van der Waals surface area (Å²) in [7, 11) is 0. The summed E-state index contributed by atoms with van der Waals surface area (Å²) in [4.78, 5) is 15.2. The Hall–Kier alpha value is -3.35. The van der Waals surface area contributed by atoms with Gasteiger partial charge in [0.25, 0.3) is 0 Å². The van der Waals surface area contributed by atoms with Crippen LogP contribution in [-0.4, -0.2) is 48.8 Å². The standard InChI is InChI=1S/C27H30N2O4/c30-16-7-15-29(27(21-9-3-1-4-10-21)22-11-5-2-6-12-22)20-26(31)28-23-13-14-24-25(19-23)33-18-8-17-32-24/h1-6,9-14,19,27,30H,7-8,15-18,20H2,(H,28,31). The maximum Gasteiger partial charge on any atom is 0.238 e. The van der Waals surface area contributed by atoms with Crippen molar-refractivity contribution in [2.45, 2.75) is 18.9 Å². The van der Waals surface area contributed by atoms with Crippen molar-refractivity contribution in [1.29, 1.82) is 0 Å². The number of carbonyl (C=O) groups is 1. The van der Waals surface area contributed by atoms with Gasteiger partial charge in [-0.3, -0.25) is 9.69 Å². The minimum absolute atomic E-state index is 0.0661. The van der Waals surface area contributed by atoms with E-state index in [2.05, 4.69) is 34.5 Å². The normalized spacial score (nSPS) is 13.1. The average molecular weight is 447 g/mol. The van der Waals surface area contributed by atoms with Crippen LogP contribution >= 0.6 is 0 Å². The first kappa shape index (κ1) is 22.8. The van der Waals surface area contributed by atoms with E-state index in [4.69, 9.17) is 9.47 Å². The van der Waals surface area contributed by atoms with Gasteiger partial charge in [-0.05, 0) is 29.7 Å². The number of ether oxygens (including phenoxy) is 2. The molecule has 0 bridgehead atoms. The molecule has 0 spiro atoms. The van der Waals surface area contributed by atoms with Crippen LogP contribution in [0.1, 0.15) is 30.0 Å². The summed E-state index contributed by atoms with van der Waals surface area (Å²) in [5.41, 5.74) is 2.87. The fraction of sp³-hybridized carbons (Fsp3) is 0.296. The number of carbonyl (C=O) groups excluding carboxylic acids is 1. The van der Waals surface area contributed by atoms with Crippen molar-refractivity contribution in [1.82, 2.24) is 4.90 Å². The number of nitrogens with one attached hydrogen (secondary N) is 1. The highest BCUT2D eigenvalue weighted by atomic mass is 16.5. The lowest BCUT2D eigenvalue weighted by Gasteiger charge is -2.32. The Morgan fingerprint density at radius 3 is 2.18 bits per heavy atom. The molecule has 1 aliphatic heterocycles. The maximum atomic E-state index is 13.1. The molecule has 1 heterocycles. The second kappa shape index (κ2) is 11.5. The Balaban J connectivity index is 1.55. The third-order valence-corrected chi connectivity index (χ3v) is 5.58. The summed E-state index contributed by atoms with van der Waals surface area (Å²) in [5, 5.41) is 12.5.